The van der Waals surface area contributed by atoms with Crippen LogP contribution in [0.3, 0.4) is 0 Å². The Labute approximate surface area is 149 Å². The van der Waals surface area contributed by atoms with Crippen LogP contribution in [0.15, 0.2) is 24.3 Å². The van der Waals surface area contributed by atoms with E-state index in [0.29, 0.717) is 13.1 Å². The van der Waals surface area contributed by atoms with Gasteiger partial charge in [-0.1, -0.05) is 19.1 Å². The maximum absolute atomic E-state index is 12.9. The molecule has 1 N–H and O–H groups in total. The lowest BCUT2D eigenvalue weighted by molar-refractivity contribution is -0.132. The van der Waals surface area contributed by atoms with E-state index in [9.17, 15) is 14.0 Å². The Morgan fingerprint density at radius 1 is 1.24 bits per heavy atom. The largest absolute Gasteiger partial charge is 0.356 e. The molecule has 1 aromatic rings. The molecule has 1 aromatic carbocycles. The number of rotatable bonds is 7. The summed E-state index contributed by atoms with van der Waals surface area (Å²) in [4.78, 5) is 28.1. The van der Waals surface area contributed by atoms with E-state index in [2.05, 4.69) is 10.2 Å². The van der Waals surface area contributed by atoms with E-state index in [1.54, 1.807) is 24.1 Å². The monoisotopic (exact) mass is 349 g/mol. The van der Waals surface area contributed by atoms with Crippen molar-refractivity contribution in [1.29, 1.82) is 0 Å². The van der Waals surface area contributed by atoms with Crippen molar-refractivity contribution in [2.24, 2.45) is 5.92 Å². The zero-order valence-electron chi connectivity index (χ0n) is 15.1. The summed E-state index contributed by atoms with van der Waals surface area (Å²) >= 11 is 0. The number of likely N-dealkylation sites (tertiary alicyclic amines) is 1. The van der Waals surface area contributed by atoms with Crippen LogP contribution >= 0.6 is 0 Å². The number of amides is 2. The molecule has 0 saturated carbocycles. The highest BCUT2D eigenvalue weighted by atomic mass is 19.1. The highest BCUT2D eigenvalue weighted by molar-refractivity contribution is 5.79. The zero-order chi connectivity index (χ0) is 18.2. The number of hydrogen-bond donors (Lipinski definition) is 1. The second kappa shape index (κ2) is 9.51. The molecule has 0 unspecified atom stereocenters. The lowest BCUT2D eigenvalue weighted by Gasteiger charge is -2.31. The fraction of sp³-hybridized carbons (Fsp3) is 0.579. The van der Waals surface area contributed by atoms with Crippen molar-refractivity contribution in [1.82, 2.24) is 15.1 Å². The molecular weight excluding hydrogens is 321 g/mol. The minimum atomic E-state index is -0.274. The van der Waals surface area contributed by atoms with Crippen LogP contribution in [-0.4, -0.2) is 54.8 Å². The van der Waals surface area contributed by atoms with Crippen LogP contribution < -0.4 is 5.32 Å². The molecule has 0 spiro atoms. The van der Waals surface area contributed by atoms with Gasteiger partial charge in [0.1, 0.15) is 5.82 Å². The number of carbonyl (C=O) groups excluding carboxylic acids is 2. The number of benzene rings is 1. The van der Waals surface area contributed by atoms with Crippen LogP contribution in [0.25, 0.3) is 0 Å². The van der Waals surface area contributed by atoms with Crippen LogP contribution in [0.5, 0.6) is 0 Å². The minimum absolute atomic E-state index is 0.0400. The van der Waals surface area contributed by atoms with Gasteiger partial charge in [0.15, 0.2) is 0 Å². The van der Waals surface area contributed by atoms with Crippen LogP contribution in [0.2, 0.25) is 0 Å². The maximum Gasteiger partial charge on any atom is 0.236 e. The Morgan fingerprint density at radius 3 is 2.48 bits per heavy atom. The van der Waals surface area contributed by atoms with Crippen LogP contribution in [0.1, 0.15) is 31.7 Å². The normalized spacial score (nSPS) is 15.8. The molecule has 25 heavy (non-hydrogen) atoms. The first kappa shape index (κ1) is 19.4. The third kappa shape index (κ3) is 6.12. The standard InChI is InChI=1S/C19H28FN3O2/c1-3-10-21-19(25)16-8-11-23(12-9-16)14-18(24)22(2)13-15-4-6-17(20)7-5-15/h4-7,16H,3,8-14H2,1-2H3,(H,21,25). The van der Waals surface area contributed by atoms with Gasteiger partial charge in [-0.05, 0) is 50.0 Å². The third-order valence-corrected chi connectivity index (χ3v) is 4.63. The molecule has 138 valence electrons. The van der Waals surface area contributed by atoms with Gasteiger partial charge in [-0.3, -0.25) is 14.5 Å². The Hall–Kier alpha value is -1.95. The van der Waals surface area contributed by atoms with Gasteiger partial charge in [-0.25, -0.2) is 4.39 Å². The van der Waals surface area contributed by atoms with E-state index in [4.69, 9.17) is 0 Å². The fourth-order valence-corrected chi connectivity index (χ4v) is 3.01. The Kier molecular flexibility index (Phi) is 7.37. The summed E-state index contributed by atoms with van der Waals surface area (Å²) in [6, 6.07) is 6.20. The van der Waals surface area contributed by atoms with Crippen molar-refractivity contribution in [2.75, 3.05) is 33.2 Å². The molecule has 0 aromatic heterocycles. The van der Waals surface area contributed by atoms with Crippen molar-refractivity contribution in [3.8, 4) is 0 Å². The summed E-state index contributed by atoms with van der Waals surface area (Å²) in [5, 5.41) is 2.95. The molecule has 0 atom stereocenters. The van der Waals surface area contributed by atoms with Gasteiger partial charge in [0, 0.05) is 26.1 Å². The molecule has 0 aliphatic carbocycles. The van der Waals surface area contributed by atoms with Crippen molar-refractivity contribution in [2.45, 2.75) is 32.7 Å². The van der Waals surface area contributed by atoms with Crippen LogP contribution in [0.4, 0.5) is 4.39 Å². The van der Waals surface area contributed by atoms with E-state index < -0.39 is 0 Å². The van der Waals surface area contributed by atoms with E-state index in [0.717, 1.165) is 44.5 Å². The van der Waals surface area contributed by atoms with Crippen molar-refractivity contribution >= 4 is 11.8 Å². The highest BCUT2D eigenvalue weighted by Crippen LogP contribution is 2.17. The molecular formula is C19H28FN3O2. The molecule has 0 radical (unpaired) electrons. The van der Waals surface area contributed by atoms with Gasteiger partial charge in [-0.2, -0.15) is 0 Å². The van der Waals surface area contributed by atoms with E-state index >= 15 is 0 Å². The Morgan fingerprint density at radius 2 is 1.88 bits per heavy atom. The quantitative estimate of drug-likeness (QED) is 0.819. The topological polar surface area (TPSA) is 52.7 Å². The number of piperidine rings is 1. The summed E-state index contributed by atoms with van der Waals surface area (Å²) in [5.41, 5.74) is 0.906. The second-order valence-electron chi connectivity index (χ2n) is 6.72. The van der Waals surface area contributed by atoms with Gasteiger partial charge in [0.05, 0.1) is 6.54 Å². The van der Waals surface area contributed by atoms with Crippen molar-refractivity contribution < 1.29 is 14.0 Å². The molecule has 2 amide bonds. The third-order valence-electron chi connectivity index (χ3n) is 4.63. The molecule has 1 heterocycles. The van der Waals surface area contributed by atoms with Gasteiger partial charge >= 0.3 is 0 Å². The first-order chi connectivity index (χ1) is 12.0. The van der Waals surface area contributed by atoms with Gasteiger partial charge in [0.25, 0.3) is 0 Å². The first-order valence-corrected chi connectivity index (χ1v) is 8.98. The van der Waals surface area contributed by atoms with Crippen molar-refractivity contribution in [3.05, 3.63) is 35.6 Å². The Balaban J connectivity index is 1.74. The predicted octanol–water partition coefficient (Wildman–Crippen LogP) is 2.02. The van der Waals surface area contributed by atoms with E-state index in [-0.39, 0.29) is 23.5 Å². The number of nitrogens with one attached hydrogen (secondary N) is 1. The SMILES string of the molecule is CCCNC(=O)C1CCN(CC(=O)N(C)Cc2ccc(F)cc2)CC1. The summed E-state index contributed by atoms with van der Waals surface area (Å²) < 4.78 is 12.9. The molecule has 1 fully saturated rings. The molecule has 2 rings (SSSR count). The number of hydrogen-bond acceptors (Lipinski definition) is 3. The zero-order valence-corrected chi connectivity index (χ0v) is 15.1. The second-order valence-corrected chi connectivity index (χ2v) is 6.72. The van der Waals surface area contributed by atoms with Gasteiger partial charge in [0.2, 0.25) is 11.8 Å². The maximum atomic E-state index is 12.9. The van der Waals surface area contributed by atoms with Crippen LogP contribution in [-0.2, 0) is 16.1 Å². The highest BCUT2D eigenvalue weighted by Gasteiger charge is 2.26. The van der Waals surface area contributed by atoms with E-state index in [1.165, 1.54) is 12.1 Å². The number of likely N-dealkylation sites (N-methyl/N-ethyl adjacent to an activating group) is 1. The average molecular weight is 349 g/mol. The summed E-state index contributed by atoms with van der Waals surface area (Å²) in [7, 11) is 1.76. The Bertz CT molecular complexity index is 569. The number of carbonyl (C=O) groups is 2. The smallest absolute Gasteiger partial charge is 0.236 e. The lowest BCUT2D eigenvalue weighted by Crippen LogP contribution is -2.44. The average Bonchev–Trinajstić information content (AvgIpc) is 2.62. The summed E-state index contributed by atoms with van der Waals surface area (Å²) in [6.07, 6.45) is 2.54. The molecule has 0 bridgehead atoms. The molecule has 1 saturated heterocycles. The van der Waals surface area contributed by atoms with Gasteiger partial charge < -0.3 is 10.2 Å². The molecule has 1 aliphatic heterocycles. The summed E-state index contributed by atoms with van der Waals surface area (Å²) in [5.74, 6) is -0.0297. The number of nitrogens with zero attached hydrogens (tertiary/aromatic N) is 2. The first-order valence-electron chi connectivity index (χ1n) is 8.98. The molecule has 6 heteroatoms. The molecule has 1 aliphatic rings. The molecule has 5 nitrogen and oxygen atoms in total. The predicted molar refractivity (Wildman–Crippen MR) is 95.3 cm³/mol. The van der Waals surface area contributed by atoms with Gasteiger partial charge in [-0.15, -0.1) is 0 Å². The van der Waals surface area contributed by atoms with E-state index in [1.807, 2.05) is 6.92 Å². The summed E-state index contributed by atoms with van der Waals surface area (Å²) in [6.45, 7) is 5.12. The number of halogens is 1. The minimum Gasteiger partial charge on any atom is -0.356 e. The van der Waals surface area contributed by atoms with Crippen molar-refractivity contribution in [3.63, 3.8) is 0 Å². The van der Waals surface area contributed by atoms with Crippen LogP contribution in [0, 0.1) is 11.7 Å². The lowest BCUT2D eigenvalue weighted by atomic mass is 9.96. The fourth-order valence-electron chi connectivity index (χ4n) is 3.01.